The van der Waals surface area contributed by atoms with Gasteiger partial charge < -0.3 is 20.3 Å². The van der Waals surface area contributed by atoms with E-state index in [4.69, 9.17) is 4.74 Å². The Balaban J connectivity index is 1.76. The van der Waals surface area contributed by atoms with E-state index in [9.17, 15) is 9.59 Å². The van der Waals surface area contributed by atoms with Gasteiger partial charge in [0.2, 0.25) is 5.91 Å². The fourth-order valence-electron chi connectivity index (χ4n) is 3.01. The van der Waals surface area contributed by atoms with E-state index in [1.165, 1.54) is 4.90 Å². The lowest BCUT2D eigenvalue weighted by Crippen LogP contribution is -2.42. The van der Waals surface area contributed by atoms with Crippen molar-refractivity contribution in [2.45, 2.75) is 27.7 Å². The van der Waals surface area contributed by atoms with Gasteiger partial charge in [-0.1, -0.05) is 29.8 Å². The average molecular weight is 383 g/mol. The Hall–Kier alpha value is -3.02. The maximum atomic E-state index is 12.3. The van der Waals surface area contributed by atoms with Crippen molar-refractivity contribution in [3.8, 4) is 5.75 Å². The highest BCUT2D eigenvalue weighted by atomic mass is 16.5. The van der Waals surface area contributed by atoms with Gasteiger partial charge in [-0.3, -0.25) is 4.79 Å². The van der Waals surface area contributed by atoms with Crippen LogP contribution in [0.15, 0.2) is 36.4 Å². The fraction of sp³-hybridized carbons (Fsp3) is 0.364. The molecule has 2 aromatic rings. The highest BCUT2D eigenvalue weighted by molar-refractivity contribution is 5.95. The standard InChI is InChI=1S/C22H29N3O3/c1-15-7-6-8-19(13-15)28-10-9-23-22(27)25(5)14-20(26)24-21-17(3)11-16(2)12-18(21)4/h6-8,11-13H,9-10,14H2,1-5H3,(H,23,27)(H,24,26). The number of hydrogen-bond acceptors (Lipinski definition) is 3. The number of aryl methyl sites for hydroxylation is 4. The van der Waals surface area contributed by atoms with E-state index in [1.807, 2.05) is 64.1 Å². The number of carbonyl (C=O) groups excluding carboxylic acids is 2. The van der Waals surface area contributed by atoms with Crippen LogP contribution in [0, 0.1) is 27.7 Å². The first-order valence-electron chi connectivity index (χ1n) is 9.32. The zero-order valence-electron chi connectivity index (χ0n) is 17.3. The number of hydrogen-bond donors (Lipinski definition) is 2. The van der Waals surface area contributed by atoms with Gasteiger partial charge >= 0.3 is 6.03 Å². The highest BCUT2D eigenvalue weighted by Gasteiger charge is 2.14. The zero-order valence-corrected chi connectivity index (χ0v) is 17.3. The van der Waals surface area contributed by atoms with Gasteiger partial charge in [-0.15, -0.1) is 0 Å². The average Bonchev–Trinajstić information content (AvgIpc) is 2.61. The van der Waals surface area contributed by atoms with Crippen LogP contribution in [-0.4, -0.2) is 43.6 Å². The van der Waals surface area contributed by atoms with Gasteiger partial charge in [-0.05, 0) is 56.5 Å². The molecule has 0 bridgehead atoms. The molecule has 2 aromatic carbocycles. The van der Waals surface area contributed by atoms with Gasteiger partial charge in [0, 0.05) is 12.7 Å². The summed E-state index contributed by atoms with van der Waals surface area (Å²) in [4.78, 5) is 25.8. The van der Waals surface area contributed by atoms with Crippen LogP contribution in [0.25, 0.3) is 0 Å². The molecular weight excluding hydrogens is 354 g/mol. The van der Waals surface area contributed by atoms with E-state index >= 15 is 0 Å². The number of urea groups is 1. The van der Waals surface area contributed by atoms with E-state index < -0.39 is 0 Å². The molecular formula is C22H29N3O3. The van der Waals surface area contributed by atoms with Gasteiger partial charge in [0.15, 0.2) is 0 Å². The number of anilines is 1. The Morgan fingerprint density at radius 3 is 2.32 bits per heavy atom. The molecule has 0 radical (unpaired) electrons. The minimum atomic E-state index is -0.319. The third-order valence-electron chi connectivity index (χ3n) is 4.31. The zero-order chi connectivity index (χ0) is 20.7. The van der Waals surface area contributed by atoms with E-state index in [-0.39, 0.29) is 18.5 Å². The second-order valence-corrected chi connectivity index (χ2v) is 7.07. The lowest BCUT2D eigenvalue weighted by molar-refractivity contribution is -0.116. The molecule has 0 atom stereocenters. The SMILES string of the molecule is Cc1cccc(OCCNC(=O)N(C)CC(=O)Nc2c(C)cc(C)cc2C)c1. The highest BCUT2D eigenvalue weighted by Crippen LogP contribution is 2.21. The lowest BCUT2D eigenvalue weighted by Gasteiger charge is -2.19. The van der Waals surface area contributed by atoms with Gasteiger partial charge in [0.25, 0.3) is 0 Å². The summed E-state index contributed by atoms with van der Waals surface area (Å²) >= 11 is 0. The molecule has 0 fully saturated rings. The molecule has 150 valence electrons. The van der Waals surface area contributed by atoms with Crippen LogP contribution in [0.2, 0.25) is 0 Å². The summed E-state index contributed by atoms with van der Waals surface area (Å²) in [6.45, 7) is 8.62. The van der Waals surface area contributed by atoms with Crippen molar-refractivity contribution in [1.29, 1.82) is 0 Å². The van der Waals surface area contributed by atoms with Crippen molar-refractivity contribution in [2.75, 3.05) is 32.1 Å². The molecule has 6 nitrogen and oxygen atoms in total. The predicted octanol–water partition coefficient (Wildman–Crippen LogP) is 3.58. The van der Waals surface area contributed by atoms with Crippen LogP contribution >= 0.6 is 0 Å². The van der Waals surface area contributed by atoms with Gasteiger partial charge in [0.05, 0.1) is 6.54 Å². The first kappa shape index (κ1) is 21.3. The molecule has 0 heterocycles. The molecule has 0 unspecified atom stereocenters. The molecule has 0 aliphatic rings. The molecule has 0 saturated heterocycles. The number of likely N-dealkylation sites (N-methyl/N-ethyl adjacent to an activating group) is 1. The van der Waals surface area contributed by atoms with E-state index in [1.54, 1.807) is 7.05 Å². The number of nitrogens with zero attached hydrogens (tertiary/aromatic N) is 1. The first-order valence-corrected chi connectivity index (χ1v) is 9.32. The lowest BCUT2D eigenvalue weighted by atomic mass is 10.1. The Kier molecular flexibility index (Phi) is 7.44. The van der Waals surface area contributed by atoms with Crippen LogP contribution in [0.4, 0.5) is 10.5 Å². The molecule has 0 saturated carbocycles. The summed E-state index contributed by atoms with van der Waals surface area (Å²) in [7, 11) is 1.59. The number of ether oxygens (including phenoxy) is 1. The van der Waals surface area contributed by atoms with Crippen molar-refractivity contribution in [3.63, 3.8) is 0 Å². The number of nitrogens with one attached hydrogen (secondary N) is 2. The minimum Gasteiger partial charge on any atom is -0.492 e. The predicted molar refractivity (Wildman–Crippen MR) is 112 cm³/mol. The summed E-state index contributed by atoms with van der Waals surface area (Å²) in [5.41, 5.74) is 5.08. The van der Waals surface area contributed by atoms with Crippen molar-refractivity contribution in [2.24, 2.45) is 0 Å². The first-order chi connectivity index (χ1) is 13.3. The van der Waals surface area contributed by atoms with Crippen molar-refractivity contribution < 1.29 is 14.3 Å². The van der Waals surface area contributed by atoms with Crippen molar-refractivity contribution in [1.82, 2.24) is 10.2 Å². The second kappa shape index (κ2) is 9.78. The summed E-state index contributed by atoms with van der Waals surface area (Å²) in [6, 6.07) is 11.5. The van der Waals surface area contributed by atoms with Crippen LogP contribution in [-0.2, 0) is 4.79 Å². The molecule has 2 N–H and O–H groups in total. The molecule has 0 spiro atoms. The molecule has 0 aromatic heterocycles. The van der Waals surface area contributed by atoms with Gasteiger partial charge in [-0.25, -0.2) is 4.79 Å². The van der Waals surface area contributed by atoms with Crippen LogP contribution in [0.3, 0.4) is 0 Å². The summed E-state index contributed by atoms with van der Waals surface area (Å²) in [5.74, 6) is 0.537. The largest absolute Gasteiger partial charge is 0.492 e. The minimum absolute atomic E-state index is 0.0304. The number of carbonyl (C=O) groups is 2. The quantitative estimate of drug-likeness (QED) is 0.718. The van der Waals surface area contributed by atoms with E-state index in [0.717, 1.165) is 33.7 Å². The number of rotatable bonds is 7. The van der Waals surface area contributed by atoms with Crippen molar-refractivity contribution in [3.05, 3.63) is 58.7 Å². The maximum Gasteiger partial charge on any atom is 0.317 e. The Morgan fingerprint density at radius 2 is 1.68 bits per heavy atom. The van der Waals surface area contributed by atoms with E-state index in [2.05, 4.69) is 10.6 Å². The Labute approximate surface area is 166 Å². The van der Waals surface area contributed by atoms with Crippen molar-refractivity contribution >= 4 is 17.6 Å². The number of amides is 3. The summed E-state index contributed by atoms with van der Waals surface area (Å²) < 4.78 is 5.60. The Bertz CT molecular complexity index is 826. The summed E-state index contributed by atoms with van der Waals surface area (Å²) in [5, 5.41) is 5.65. The van der Waals surface area contributed by atoms with Crippen LogP contribution < -0.4 is 15.4 Å². The Morgan fingerprint density at radius 1 is 1.00 bits per heavy atom. The normalized spacial score (nSPS) is 10.3. The third kappa shape index (κ3) is 6.30. The van der Waals surface area contributed by atoms with Gasteiger partial charge in [-0.2, -0.15) is 0 Å². The van der Waals surface area contributed by atoms with E-state index in [0.29, 0.717) is 13.2 Å². The fourth-order valence-corrected chi connectivity index (χ4v) is 3.01. The number of benzene rings is 2. The maximum absolute atomic E-state index is 12.3. The molecule has 3 amide bonds. The monoisotopic (exact) mass is 383 g/mol. The van der Waals surface area contributed by atoms with Gasteiger partial charge in [0.1, 0.15) is 18.9 Å². The second-order valence-electron chi connectivity index (χ2n) is 7.07. The topological polar surface area (TPSA) is 70.7 Å². The smallest absolute Gasteiger partial charge is 0.317 e. The van der Waals surface area contributed by atoms with Crippen LogP contribution in [0.5, 0.6) is 5.75 Å². The molecule has 0 aliphatic heterocycles. The summed E-state index contributed by atoms with van der Waals surface area (Å²) in [6.07, 6.45) is 0. The molecule has 2 rings (SSSR count). The van der Waals surface area contributed by atoms with Crippen LogP contribution in [0.1, 0.15) is 22.3 Å². The molecule has 28 heavy (non-hydrogen) atoms. The molecule has 6 heteroatoms. The molecule has 0 aliphatic carbocycles. The third-order valence-corrected chi connectivity index (χ3v) is 4.31.